The number of thiophene rings is 1. The number of nitriles is 1. The van der Waals surface area contributed by atoms with Crippen LogP contribution in [0.5, 0.6) is 0 Å². The third kappa shape index (κ3) is 4.71. The number of nitrogens with zero attached hydrogens (tertiary/aromatic N) is 8. The van der Waals surface area contributed by atoms with E-state index in [0.717, 1.165) is 104 Å². The molecule has 4 aliphatic rings. The van der Waals surface area contributed by atoms with E-state index in [4.69, 9.17) is 30.5 Å². The van der Waals surface area contributed by atoms with Gasteiger partial charge in [0.25, 0.3) is 0 Å². The fourth-order valence-corrected chi connectivity index (χ4v) is 10.5. The molecule has 2 saturated heterocycles. The number of rotatable bonds is 5. The molecule has 248 valence electrons. The number of likely N-dealkylation sites (tertiary alicyclic amines) is 1. The molecule has 2 aliphatic carbocycles. The summed E-state index contributed by atoms with van der Waals surface area (Å²) in [7, 11) is 2.19. The van der Waals surface area contributed by atoms with Crippen molar-refractivity contribution in [2.75, 3.05) is 30.8 Å². The van der Waals surface area contributed by atoms with Gasteiger partial charge in [0.15, 0.2) is 22.9 Å². The molecular formula is C35H45N9O2S. The maximum atomic E-state index is 11.3. The normalized spacial score (nSPS) is 28.5. The van der Waals surface area contributed by atoms with Gasteiger partial charge in [-0.2, -0.15) is 10.4 Å². The number of hydrogen-bond acceptors (Lipinski definition) is 11. The number of aryl methyl sites for hydroxylation is 1. The smallest absolute Gasteiger partial charge is 0.186 e. The van der Waals surface area contributed by atoms with Crippen molar-refractivity contribution in [3.8, 4) is 17.6 Å². The van der Waals surface area contributed by atoms with Crippen molar-refractivity contribution in [3.63, 3.8) is 0 Å². The van der Waals surface area contributed by atoms with Crippen LogP contribution < -0.4 is 10.6 Å². The Morgan fingerprint density at radius 2 is 2.00 bits per heavy atom. The van der Waals surface area contributed by atoms with E-state index in [1.807, 2.05) is 13.1 Å². The summed E-state index contributed by atoms with van der Waals surface area (Å²) in [5.74, 6) is 2.18. The number of aromatic nitrogens is 5. The molecule has 1 spiro atoms. The SMILES string of the molecule is CC[C@H]1CC[C@@](C)(O)CN1c1nc(-c2noc3c2CCC[C@@]32CCCc3sc(N)c(C#N)c32)nc2c1cnn2[C@@H](C)[C@@H]1CCCN1C. The van der Waals surface area contributed by atoms with Gasteiger partial charge in [0.1, 0.15) is 16.9 Å². The van der Waals surface area contributed by atoms with Crippen LogP contribution in [0.1, 0.15) is 112 Å². The molecular weight excluding hydrogens is 611 g/mol. The Kier molecular flexibility index (Phi) is 7.39. The summed E-state index contributed by atoms with van der Waals surface area (Å²) in [6.45, 7) is 7.94. The predicted octanol–water partition coefficient (Wildman–Crippen LogP) is 5.74. The number of nitrogens with two attached hydrogens (primary N) is 1. The van der Waals surface area contributed by atoms with Crippen molar-refractivity contribution >= 4 is 33.2 Å². The van der Waals surface area contributed by atoms with Crippen LogP contribution >= 0.6 is 11.3 Å². The molecule has 3 N–H and O–H groups in total. The second-order valence-corrected chi connectivity index (χ2v) is 15.9. The second-order valence-electron chi connectivity index (χ2n) is 14.7. The van der Waals surface area contributed by atoms with Gasteiger partial charge >= 0.3 is 0 Å². The zero-order valence-electron chi connectivity index (χ0n) is 27.9. The summed E-state index contributed by atoms with van der Waals surface area (Å²) >= 11 is 1.55. The molecule has 0 amide bonds. The quantitative estimate of drug-likeness (QED) is 0.273. The zero-order valence-corrected chi connectivity index (χ0v) is 28.7. The van der Waals surface area contributed by atoms with Crippen LogP contribution in [-0.2, 0) is 18.3 Å². The Balaban J connectivity index is 1.31. The molecule has 0 unspecified atom stereocenters. The van der Waals surface area contributed by atoms with Gasteiger partial charge in [-0.25, -0.2) is 14.6 Å². The Morgan fingerprint density at radius 3 is 2.74 bits per heavy atom. The number of anilines is 2. The minimum atomic E-state index is -0.822. The first-order valence-electron chi connectivity index (χ1n) is 17.4. The molecule has 0 aromatic carbocycles. The number of aliphatic hydroxyl groups is 1. The lowest BCUT2D eigenvalue weighted by Gasteiger charge is -2.43. The van der Waals surface area contributed by atoms with Crippen LogP contribution in [-0.4, -0.2) is 72.7 Å². The third-order valence-electron chi connectivity index (χ3n) is 11.7. The van der Waals surface area contributed by atoms with Crippen molar-refractivity contribution < 1.29 is 9.63 Å². The van der Waals surface area contributed by atoms with Gasteiger partial charge < -0.3 is 25.2 Å². The molecule has 6 heterocycles. The molecule has 8 rings (SSSR count). The largest absolute Gasteiger partial charge is 0.389 e. The Hall–Kier alpha value is -3.53. The van der Waals surface area contributed by atoms with Crippen LogP contribution in [0.3, 0.4) is 0 Å². The molecule has 12 heteroatoms. The molecule has 4 aromatic heterocycles. The minimum Gasteiger partial charge on any atom is -0.389 e. The standard InChI is InChI=1S/C35H45N9O2S/c1-5-21-12-15-34(3,45)19-43(21)32-24-18-38-44(20(2)25-10-8-16-42(25)4)33(24)40-31(39-32)28-22-9-6-13-35(29(22)46-41-28)14-7-11-26-27(35)23(17-36)30(37)47-26/h18,20-21,25,45H,5-16,19,37H2,1-4H3/t20-,21-,25-,34+,35-/m0/s1. The van der Waals surface area contributed by atoms with Crippen LogP contribution in [0.15, 0.2) is 10.7 Å². The van der Waals surface area contributed by atoms with E-state index in [0.29, 0.717) is 34.7 Å². The number of fused-ring (bicyclic) bond motifs is 5. The first kappa shape index (κ1) is 30.8. The molecule has 0 radical (unpaired) electrons. The van der Waals surface area contributed by atoms with Gasteiger partial charge in [-0.15, -0.1) is 11.3 Å². The predicted molar refractivity (Wildman–Crippen MR) is 183 cm³/mol. The van der Waals surface area contributed by atoms with E-state index >= 15 is 0 Å². The maximum Gasteiger partial charge on any atom is 0.186 e. The van der Waals surface area contributed by atoms with Crippen LogP contribution in [0.25, 0.3) is 22.6 Å². The number of nitrogen functional groups attached to an aromatic ring is 1. The van der Waals surface area contributed by atoms with E-state index in [1.165, 1.54) is 11.3 Å². The summed E-state index contributed by atoms with van der Waals surface area (Å²) in [6.07, 6.45) is 12.3. The summed E-state index contributed by atoms with van der Waals surface area (Å²) < 4.78 is 8.45. The van der Waals surface area contributed by atoms with Crippen LogP contribution in [0, 0.1) is 11.3 Å². The van der Waals surface area contributed by atoms with Crippen LogP contribution in [0.4, 0.5) is 10.8 Å². The van der Waals surface area contributed by atoms with Crippen molar-refractivity contribution in [2.45, 2.75) is 121 Å². The average molecular weight is 656 g/mol. The van der Waals surface area contributed by atoms with E-state index in [1.54, 1.807) is 11.3 Å². The monoisotopic (exact) mass is 655 g/mol. The highest BCUT2D eigenvalue weighted by Gasteiger charge is 2.49. The van der Waals surface area contributed by atoms with Crippen molar-refractivity contribution in [1.82, 2.24) is 29.8 Å². The molecule has 0 saturated carbocycles. The number of likely N-dealkylation sites (N-methyl/N-ethyl adjacent to an activating group) is 1. The van der Waals surface area contributed by atoms with E-state index < -0.39 is 11.0 Å². The highest BCUT2D eigenvalue weighted by Crippen LogP contribution is 2.55. The van der Waals surface area contributed by atoms with Crippen molar-refractivity contribution in [2.24, 2.45) is 0 Å². The molecule has 4 aromatic rings. The number of piperidine rings is 1. The summed E-state index contributed by atoms with van der Waals surface area (Å²) in [4.78, 5) is 16.4. The lowest BCUT2D eigenvalue weighted by Crippen LogP contribution is -2.51. The Morgan fingerprint density at radius 1 is 1.19 bits per heavy atom. The fraction of sp³-hybridized carbons (Fsp3) is 0.629. The average Bonchev–Trinajstić information content (AvgIpc) is 3.85. The summed E-state index contributed by atoms with van der Waals surface area (Å²) in [5.41, 5.74) is 9.32. The second kappa shape index (κ2) is 11.3. The van der Waals surface area contributed by atoms with Crippen LogP contribution in [0.2, 0.25) is 0 Å². The zero-order chi connectivity index (χ0) is 32.7. The first-order chi connectivity index (χ1) is 22.7. The van der Waals surface area contributed by atoms with E-state index in [9.17, 15) is 10.4 Å². The number of β-amino-alcohol motifs (C(OH)–C–C–N with tert-alkyl or cyclic N) is 1. The van der Waals surface area contributed by atoms with E-state index in [2.05, 4.69) is 41.4 Å². The first-order valence-corrected chi connectivity index (χ1v) is 18.2. The van der Waals surface area contributed by atoms with Gasteiger partial charge in [-0.3, -0.25) is 0 Å². The third-order valence-corrected chi connectivity index (χ3v) is 12.8. The molecule has 2 aliphatic heterocycles. The van der Waals surface area contributed by atoms with Gasteiger partial charge in [0.05, 0.1) is 34.2 Å². The van der Waals surface area contributed by atoms with Gasteiger partial charge in [-0.1, -0.05) is 12.1 Å². The van der Waals surface area contributed by atoms with Gasteiger partial charge in [0, 0.05) is 29.1 Å². The molecule has 5 atom stereocenters. The Bertz CT molecular complexity index is 1880. The van der Waals surface area contributed by atoms with Gasteiger partial charge in [-0.05, 0) is 104 Å². The highest BCUT2D eigenvalue weighted by atomic mass is 32.1. The molecule has 11 nitrogen and oxygen atoms in total. The topological polar surface area (TPSA) is 146 Å². The Labute approximate surface area is 279 Å². The van der Waals surface area contributed by atoms with E-state index in [-0.39, 0.29) is 12.1 Å². The van der Waals surface area contributed by atoms with Crippen molar-refractivity contribution in [1.29, 1.82) is 5.26 Å². The minimum absolute atomic E-state index is 0.116. The maximum absolute atomic E-state index is 11.3. The molecule has 0 bridgehead atoms. The lowest BCUT2D eigenvalue weighted by atomic mass is 9.63. The van der Waals surface area contributed by atoms with Crippen molar-refractivity contribution in [3.05, 3.63) is 33.5 Å². The molecule has 47 heavy (non-hydrogen) atoms. The number of hydrogen-bond donors (Lipinski definition) is 2. The summed E-state index contributed by atoms with van der Waals surface area (Å²) in [6, 6.07) is 3.15. The summed E-state index contributed by atoms with van der Waals surface area (Å²) in [5, 5.41) is 32.6. The fourth-order valence-electron chi connectivity index (χ4n) is 9.34. The highest BCUT2D eigenvalue weighted by molar-refractivity contribution is 7.16. The molecule has 2 fully saturated rings. The lowest BCUT2D eigenvalue weighted by molar-refractivity contribution is 0.0359. The van der Waals surface area contributed by atoms with Gasteiger partial charge in [0.2, 0.25) is 0 Å².